The van der Waals surface area contributed by atoms with Gasteiger partial charge in [0.1, 0.15) is 12.4 Å². The predicted octanol–water partition coefficient (Wildman–Crippen LogP) is 0.425. The highest BCUT2D eigenvalue weighted by Crippen LogP contribution is 2.31. The normalized spacial score (nSPS) is 15.0. The Morgan fingerprint density at radius 2 is 1.82 bits per heavy atom. The van der Waals surface area contributed by atoms with Gasteiger partial charge in [0, 0.05) is 27.2 Å². The zero-order chi connectivity index (χ0) is 24.6. The van der Waals surface area contributed by atoms with Gasteiger partial charge in [0.15, 0.2) is 11.2 Å². The summed E-state index contributed by atoms with van der Waals surface area (Å²) in [5.41, 5.74) is -0.258. The van der Waals surface area contributed by atoms with Gasteiger partial charge in [-0.1, -0.05) is 12.1 Å². The lowest BCUT2D eigenvalue weighted by atomic mass is 10.2. The van der Waals surface area contributed by atoms with Crippen LogP contribution < -0.4 is 16.6 Å². The van der Waals surface area contributed by atoms with Crippen LogP contribution in [0.25, 0.3) is 17.2 Å². The van der Waals surface area contributed by atoms with Crippen molar-refractivity contribution in [2.75, 3.05) is 13.1 Å². The number of nitrogens with zero attached hydrogens (tertiary/aromatic N) is 5. The van der Waals surface area contributed by atoms with Crippen LogP contribution in [-0.2, 0) is 30.2 Å². The molecule has 0 bridgehead atoms. The fraction of sp³-hybridized carbons (Fsp3) is 0.238. The molecule has 0 saturated carbocycles. The Bertz CT molecular complexity index is 1470. The summed E-state index contributed by atoms with van der Waals surface area (Å²) < 4.78 is 16.5. The van der Waals surface area contributed by atoms with Crippen molar-refractivity contribution in [2.24, 2.45) is 14.1 Å². The zero-order valence-corrected chi connectivity index (χ0v) is 19.0. The van der Waals surface area contributed by atoms with Crippen LogP contribution in [0.5, 0.6) is 0 Å². The quantitative estimate of drug-likeness (QED) is 0.500. The summed E-state index contributed by atoms with van der Waals surface area (Å²) in [6.45, 7) is -0.280. The van der Waals surface area contributed by atoms with Gasteiger partial charge in [0.25, 0.3) is 16.7 Å². The molecule has 3 aromatic rings. The second-order valence-corrected chi connectivity index (χ2v) is 8.48. The average Bonchev–Trinajstić information content (AvgIpc) is 3.33. The van der Waals surface area contributed by atoms with Crippen molar-refractivity contribution in [1.29, 1.82) is 0 Å². The summed E-state index contributed by atoms with van der Waals surface area (Å²) in [6, 6.07) is 5.50. The van der Waals surface area contributed by atoms with Crippen molar-refractivity contribution in [2.45, 2.75) is 6.54 Å². The molecule has 0 aliphatic carbocycles. The predicted molar refractivity (Wildman–Crippen MR) is 122 cm³/mol. The van der Waals surface area contributed by atoms with Gasteiger partial charge in [-0.05, 0) is 35.5 Å². The number of fused-ring (bicyclic) bond motifs is 1. The number of hydrogen-bond acceptors (Lipinski definition) is 7. The molecular weight excluding hydrogens is 467 g/mol. The minimum atomic E-state index is -0.575. The Kier molecular flexibility index (Phi) is 6.20. The topological polar surface area (TPSA) is 128 Å². The second kappa shape index (κ2) is 9.09. The van der Waals surface area contributed by atoms with E-state index in [-0.39, 0.29) is 35.7 Å². The number of aromatic nitrogens is 4. The van der Waals surface area contributed by atoms with E-state index in [2.05, 4.69) is 10.3 Å². The third kappa shape index (κ3) is 4.29. The Morgan fingerprint density at radius 3 is 2.53 bits per heavy atom. The smallest absolute Gasteiger partial charge is 0.332 e. The first kappa shape index (κ1) is 23.2. The van der Waals surface area contributed by atoms with Gasteiger partial charge in [-0.2, -0.15) is 0 Å². The molecule has 34 heavy (non-hydrogen) atoms. The number of halogens is 1. The first-order valence-electron chi connectivity index (χ1n) is 10.1. The molecule has 0 atom stereocenters. The SMILES string of the molecule is Cn1c(=O)c2c(ncn2CC(=O)NCCN2C(=O)SC(=Cc3ccc(F)cc3)C2=O)n(C)c1=O. The zero-order valence-electron chi connectivity index (χ0n) is 18.1. The highest BCUT2D eigenvalue weighted by atomic mass is 32.2. The Morgan fingerprint density at radius 1 is 1.12 bits per heavy atom. The number of imide groups is 1. The summed E-state index contributed by atoms with van der Waals surface area (Å²) in [4.78, 5) is 66.9. The molecule has 1 aliphatic rings. The molecule has 176 valence electrons. The number of carbonyl (C=O) groups excluding carboxylic acids is 3. The number of hydrogen-bond donors (Lipinski definition) is 1. The number of thioether (sulfide) groups is 1. The van der Waals surface area contributed by atoms with Crippen molar-refractivity contribution < 1.29 is 18.8 Å². The highest BCUT2D eigenvalue weighted by molar-refractivity contribution is 8.18. The first-order chi connectivity index (χ1) is 16.2. The third-order valence-electron chi connectivity index (χ3n) is 5.23. The van der Waals surface area contributed by atoms with Gasteiger partial charge in [-0.25, -0.2) is 14.2 Å². The molecule has 13 heteroatoms. The molecule has 1 N–H and O–H groups in total. The van der Waals surface area contributed by atoms with Gasteiger partial charge < -0.3 is 9.88 Å². The molecule has 1 aliphatic heterocycles. The van der Waals surface area contributed by atoms with Gasteiger partial charge in [-0.15, -0.1) is 0 Å². The lowest BCUT2D eigenvalue weighted by molar-refractivity contribution is -0.124. The van der Waals surface area contributed by atoms with E-state index in [0.29, 0.717) is 5.56 Å². The van der Waals surface area contributed by atoms with Crippen LogP contribution in [0.3, 0.4) is 0 Å². The summed E-state index contributed by atoms with van der Waals surface area (Å²) in [5.74, 6) is -1.38. The number of benzene rings is 1. The molecule has 11 nitrogen and oxygen atoms in total. The van der Waals surface area contributed by atoms with E-state index in [4.69, 9.17) is 0 Å². The van der Waals surface area contributed by atoms with E-state index in [9.17, 15) is 28.4 Å². The number of carbonyl (C=O) groups is 3. The van der Waals surface area contributed by atoms with Crippen LogP contribution in [0, 0.1) is 5.82 Å². The third-order valence-corrected chi connectivity index (χ3v) is 6.14. The second-order valence-electron chi connectivity index (χ2n) is 7.49. The summed E-state index contributed by atoms with van der Waals surface area (Å²) in [7, 11) is 2.81. The Balaban J connectivity index is 1.39. The van der Waals surface area contributed by atoms with Crippen LogP contribution in [0.15, 0.2) is 45.1 Å². The molecule has 1 saturated heterocycles. The van der Waals surface area contributed by atoms with E-state index in [1.807, 2.05) is 0 Å². The standard InChI is InChI=1S/C21H19FN6O5S/c1-25-17-16(19(31)26(2)20(25)32)27(11-24-17)10-15(29)23-7-8-28-18(30)14(34-21(28)33)9-12-3-5-13(22)6-4-12/h3-6,9,11H,7-8,10H2,1-2H3,(H,23,29). The first-order valence-corrected chi connectivity index (χ1v) is 10.9. The van der Waals surface area contributed by atoms with Gasteiger partial charge in [-0.3, -0.25) is 33.2 Å². The van der Waals surface area contributed by atoms with Crippen molar-refractivity contribution in [3.8, 4) is 0 Å². The average molecular weight is 486 g/mol. The van der Waals surface area contributed by atoms with Gasteiger partial charge in [0.2, 0.25) is 5.91 Å². The number of rotatable bonds is 6. The summed E-state index contributed by atoms with van der Waals surface area (Å²) >= 11 is 0.765. The van der Waals surface area contributed by atoms with E-state index in [0.717, 1.165) is 21.2 Å². The molecule has 3 heterocycles. The van der Waals surface area contributed by atoms with E-state index < -0.39 is 34.1 Å². The van der Waals surface area contributed by atoms with E-state index in [1.54, 1.807) is 0 Å². The van der Waals surface area contributed by atoms with Crippen molar-refractivity contribution >= 4 is 46.1 Å². The van der Waals surface area contributed by atoms with Crippen LogP contribution >= 0.6 is 11.8 Å². The number of nitrogens with one attached hydrogen (secondary N) is 1. The number of aryl methyl sites for hydroxylation is 1. The van der Waals surface area contributed by atoms with Crippen molar-refractivity contribution in [3.05, 3.63) is 67.7 Å². The molecule has 0 spiro atoms. The fourth-order valence-corrected chi connectivity index (χ4v) is 4.30. The minimum absolute atomic E-state index is 0.00380. The minimum Gasteiger partial charge on any atom is -0.353 e. The highest BCUT2D eigenvalue weighted by Gasteiger charge is 2.34. The van der Waals surface area contributed by atoms with Crippen LogP contribution in [0.4, 0.5) is 9.18 Å². The molecular formula is C21H19FN6O5S. The lowest BCUT2D eigenvalue weighted by Crippen LogP contribution is -2.39. The van der Waals surface area contributed by atoms with Crippen molar-refractivity contribution in [3.63, 3.8) is 0 Å². The molecule has 3 amide bonds. The summed E-state index contributed by atoms with van der Waals surface area (Å²) in [6.07, 6.45) is 2.79. The van der Waals surface area contributed by atoms with Gasteiger partial charge >= 0.3 is 5.69 Å². The van der Waals surface area contributed by atoms with Crippen LogP contribution in [0.1, 0.15) is 5.56 Å². The Labute approximate surface area is 195 Å². The fourth-order valence-electron chi connectivity index (χ4n) is 3.44. The molecule has 4 rings (SSSR count). The molecule has 1 aromatic carbocycles. The van der Waals surface area contributed by atoms with Gasteiger partial charge in [0.05, 0.1) is 11.2 Å². The maximum atomic E-state index is 13.0. The van der Waals surface area contributed by atoms with Crippen LogP contribution in [-0.4, -0.2) is 53.7 Å². The van der Waals surface area contributed by atoms with Crippen molar-refractivity contribution in [1.82, 2.24) is 28.9 Å². The monoisotopic (exact) mass is 486 g/mol. The maximum absolute atomic E-state index is 13.0. The number of amides is 3. The molecule has 1 fully saturated rings. The maximum Gasteiger partial charge on any atom is 0.332 e. The lowest BCUT2D eigenvalue weighted by Gasteiger charge is -2.13. The molecule has 0 unspecified atom stereocenters. The summed E-state index contributed by atoms with van der Waals surface area (Å²) in [5, 5.41) is 2.13. The number of imidazole rings is 1. The molecule has 2 aromatic heterocycles. The molecule has 0 radical (unpaired) electrons. The largest absolute Gasteiger partial charge is 0.353 e. The van der Waals surface area contributed by atoms with Crippen LogP contribution in [0.2, 0.25) is 0 Å². The van der Waals surface area contributed by atoms with E-state index >= 15 is 0 Å². The Hall–Kier alpha value is -4.00. The van der Waals surface area contributed by atoms with E-state index in [1.165, 1.54) is 59.9 Å².